The topological polar surface area (TPSA) is 46.2 Å². The summed E-state index contributed by atoms with van der Waals surface area (Å²) in [4.78, 5) is 1.26. The van der Waals surface area contributed by atoms with Gasteiger partial charge < -0.3 is 0 Å². The van der Waals surface area contributed by atoms with Gasteiger partial charge in [-0.25, -0.2) is 8.42 Å². The molecule has 0 aromatic heterocycles. The molecule has 0 unspecified atom stereocenters. The predicted octanol–water partition coefficient (Wildman–Crippen LogP) is 4.17. The molecular weight excluding hydrogens is 314 g/mol. The number of hydrogen-bond acceptors (Lipinski definition) is 3. The number of benzene rings is 2. The second-order valence-corrected chi connectivity index (χ2v) is 7.21. The van der Waals surface area contributed by atoms with Crippen molar-refractivity contribution in [1.82, 2.24) is 0 Å². The first-order valence-electron chi connectivity index (χ1n) is 5.85. The summed E-state index contributed by atoms with van der Waals surface area (Å²) >= 11 is 7.49. The number of hydrogen-bond donors (Lipinski definition) is 1. The van der Waals surface area contributed by atoms with Gasteiger partial charge in [0.25, 0.3) is 10.0 Å². The monoisotopic (exact) mass is 327 g/mol. The molecule has 0 aliphatic heterocycles. The third kappa shape index (κ3) is 3.48. The van der Waals surface area contributed by atoms with Gasteiger partial charge in [-0.2, -0.15) is 0 Å². The fraction of sp³-hybridized carbons (Fsp3) is 0.143. The molecule has 2 aromatic rings. The van der Waals surface area contributed by atoms with Gasteiger partial charge in [0, 0.05) is 15.6 Å². The first kappa shape index (κ1) is 15.2. The molecule has 0 bridgehead atoms. The van der Waals surface area contributed by atoms with Crippen LogP contribution in [0.3, 0.4) is 0 Å². The molecule has 0 atom stereocenters. The number of aryl methyl sites for hydroxylation is 1. The van der Waals surface area contributed by atoms with Crippen molar-refractivity contribution in [3.63, 3.8) is 0 Å². The van der Waals surface area contributed by atoms with E-state index >= 15 is 0 Å². The fourth-order valence-electron chi connectivity index (χ4n) is 1.68. The Balaban J connectivity index is 2.27. The van der Waals surface area contributed by atoms with Gasteiger partial charge in [0.1, 0.15) is 0 Å². The van der Waals surface area contributed by atoms with Crippen molar-refractivity contribution in [2.45, 2.75) is 16.7 Å². The van der Waals surface area contributed by atoms with Gasteiger partial charge in [-0.3, -0.25) is 4.72 Å². The average Bonchev–Trinajstić information content (AvgIpc) is 2.43. The molecule has 3 nitrogen and oxygen atoms in total. The standard InChI is InChI=1S/C14H14ClNO2S2/c1-10-9-11(3-8-14(10)15)16-20(17,18)13-6-4-12(19-2)5-7-13/h3-9,16H,1-2H3. The van der Waals surface area contributed by atoms with Crippen LogP contribution in [0.2, 0.25) is 5.02 Å². The van der Waals surface area contributed by atoms with Crippen molar-refractivity contribution in [1.29, 1.82) is 0 Å². The normalized spacial score (nSPS) is 11.3. The van der Waals surface area contributed by atoms with Gasteiger partial charge in [0.15, 0.2) is 0 Å². The van der Waals surface area contributed by atoms with Crippen LogP contribution >= 0.6 is 23.4 Å². The number of rotatable bonds is 4. The van der Waals surface area contributed by atoms with E-state index in [0.29, 0.717) is 10.7 Å². The lowest BCUT2D eigenvalue weighted by molar-refractivity contribution is 0.601. The highest BCUT2D eigenvalue weighted by Gasteiger charge is 2.14. The van der Waals surface area contributed by atoms with E-state index in [4.69, 9.17) is 11.6 Å². The summed E-state index contributed by atoms with van der Waals surface area (Å²) < 4.78 is 27.0. The Morgan fingerprint density at radius 3 is 2.30 bits per heavy atom. The SMILES string of the molecule is CSc1ccc(S(=O)(=O)Nc2ccc(Cl)c(C)c2)cc1. The van der Waals surface area contributed by atoms with Gasteiger partial charge in [-0.1, -0.05) is 11.6 Å². The van der Waals surface area contributed by atoms with E-state index in [1.54, 1.807) is 54.2 Å². The van der Waals surface area contributed by atoms with E-state index in [2.05, 4.69) is 4.72 Å². The highest BCUT2D eigenvalue weighted by molar-refractivity contribution is 7.98. The maximum absolute atomic E-state index is 12.2. The molecule has 106 valence electrons. The van der Waals surface area contributed by atoms with Gasteiger partial charge in [0.2, 0.25) is 0 Å². The molecule has 0 saturated heterocycles. The van der Waals surface area contributed by atoms with Crippen LogP contribution in [0.4, 0.5) is 5.69 Å². The third-order valence-electron chi connectivity index (χ3n) is 2.78. The first-order chi connectivity index (χ1) is 9.42. The second-order valence-electron chi connectivity index (χ2n) is 4.24. The molecule has 0 heterocycles. The fourth-order valence-corrected chi connectivity index (χ4v) is 3.25. The van der Waals surface area contributed by atoms with Crippen LogP contribution in [0.1, 0.15) is 5.56 Å². The van der Waals surface area contributed by atoms with Crippen molar-refractivity contribution in [2.75, 3.05) is 11.0 Å². The number of thioether (sulfide) groups is 1. The summed E-state index contributed by atoms with van der Waals surface area (Å²) in [6.45, 7) is 1.83. The van der Waals surface area contributed by atoms with Crippen LogP contribution in [0, 0.1) is 6.92 Å². The van der Waals surface area contributed by atoms with Crippen molar-refractivity contribution in [3.8, 4) is 0 Å². The molecule has 0 fully saturated rings. The number of halogens is 1. The summed E-state index contributed by atoms with van der Waals surface area (Å²) in [5.41, 5.74) is 1.32. The molecule has 0 aliphatic carbocycles. The zero-order chi connectivity index (χ0) is 14.8. The van der Waals surface area contributed by atoms with Gasteiger partial charge >= 0.3 is 0 Å². The van der Waals surface area contributed by atoms with Crippen LogP contribution in [-0.2, 0) is 10.0 Å². The quantitative estimate of drug-likeness (QED) is 0.857. The number of nitrogens with one attached hydrogen (secondary N) is 1. The molecular formula is C14H14ClNO2S2. The van der Waals surface area contributed by atoms with Crippen LogP contribution in [0.5, 0.6) is 0 Å². The average molecular weight is 328 g/mol. The van der Waals surface area contributed by atoms with Crippen LogP contribution in [-0.4, -0.2) is 14.7 Å². The molecule has 0 spiro atoms. The minimum Gasteiger partial charge on any atom is -0.280 e. The lowest BCUT2D eigenvalue weighted by Gasteiger charge is -2.09. The van der Waals surface area contributed by atoms with Gasteiger partial charge in [0.05, 0.1) is 4.90 Å². The number of sulfonamides is 1. The van der Waals surface area contributed by atoms with E-state index in [9.17, 15) is 8.42 Å². The maximum atomic E-state index is 12.2. The smallest absolute Gasteiger partial charge is 0.261 e. The van der Waals surface area contributed by atoms with Crippen molar-refractivity contribution >= 4 is 39.1 Å². The van der Waals surface area contributed by atoms with Crippen LogP contribution in [0.25, 0.3) is 0 Å². The van der Waals surface area contributed by atoms with Crippen molar-refractivity contribution < 1.29 is 8.42 Å². The Morgan fingerprint density at radius 1 is 1.10 bits per heavy atom. The minimum atomic E-state index is -3.57. The van der Waals surface area contributed by atoms with E-state index in [1.165, 1.54) is 0 Å². The van der Waals surface area contributed by atoms with E-state index in [-0.39, 0.29) is 4.90 Å². The minimum absolute atomic E-state index is 0.239. The Bertz CT molecular complexity index is 712. The number of anilines is 1. The molecule has 2 aromatic carbocycles. The zero-order valence-corrected chi connectivity index (χ0v) is 13.4. The van der Waals surface area contributed by atoms with Crippen LogP contribution in [0.15, 0.2) is 52.3 Å². The summed E-state index contributed by atoms with van der Waals surface area (Å²) in [5.74, 6) is 0. The summed E-state index contributed by atoms with van der Waals surface area (Å²) in [5, 5.41) is 0.609. The first-order valence-corrected chi connectivity index (χ1v) is 8.94. The van der Waals surface area contributed by atoms with Crippen molar-refractivity contribution in [3.05, 3.63) is 53.1 Å². The highest BCUT2D eigenvalue weighted by Crippen LogP contribution is 2.23. The van der Waals surface area contributed by atoms with Crippen molar-refractivity contribution in [2.24, 2.45) is 0 Å². The summed E-state index contributed by atoms with van der Waals surface area (Å²) in [7, 11) is -3.57. The second kappa shape index (κ2) is 6.08. The third-order valence-corrected chi connectivity index (χ3v) is 5.34. The Morgan fingerprint density at radius 2 is 1.75 bits per heavy atom. The predicted molar refractivity (Wildman–Crippen MR) is 85.2 cm³/mol. The zero-order valence-electron chi connectivity index (χ0n) is 11.1. The molecule has 0 saturated carbocycles. The maximum Gasteiger partial charge on any atom is 0.261 e. The molecule has 1 N–H and O–H groups in total. The van der Waals surface area contributed by atoms with Gasteiger partial charge in [-0.05, 0) is 61.2 Å². The van der Waals surface area contributed by atoms with E-state index < -0.39 is 10.0 Å². The molecule has 0 radical (unpaired) electrons. The van der Waals surface area contributed by atoms with E-state index in [0.717, 1.165) is 10.5 Å². The largest absolute Gasteiger partial charge is 0.280 e. The molecule has 0 amide bonds. The van der Waals surface area contributed by atoms with Crippen LogP contribution < -0.4 is 4.72 Å². The molecule has 2 rings (SSSR count). The summed E-state index contributed by atoms with van der Waals surface area (Å²) in [6, 6.07) is 11.8. The lowest BCUT2D eigenvalue weighted by Crippen LogP contribution is -2.12. The molecule has 6 heteroatoms. The molecule has 20 heavy (non-hydrogen) atoms. The lowest BCUT2D eigenvalue weighted by atomic mass is 10.2. The summed E-state index contributed by atoms with van der Waals surface area (Å²) in [6.07, 6.45) is 1.94. The highest BCUT2D eigenvalue weighted by atomic mass is 35.5. The Hall–Kier alpha value is -1.17. The van der Waals surface area contributed by atoms with E-state index in [1.807, 2.05) is 13.2 Å². The Kier molecular flexibility index (Phi) is 4.62. The Labute approximate surface area is 128 Å². The molecule has 0 aliphatic rings. The van der Waals surface area contributed by atoms with Gasteiger partial charge in [-0.15, -0.1) is 11.8 Å².